The van der Waals surface area contributed by atoms with Crippen molar-refractivity contribution in [2.75, 3.05) is 42.5 Å². The van der Waals surface area contributed by atoms with E-state index in [1.165, 1.54) is 23.1 Å². The van der Waals surface area contributed by atoms with E-state index in [1.54, 1.807) is 0 Å². The second-order valence-electron chi connectivity index (χ2n) is 7.15. The van der Waals surface area contributed by atoms with E-state index in [1.807, 2.05) is 23.1 Å². The maximum Gasteiger partial charge on any atom is 0.228 e. The predicted octanol–water partition coefficient (Wildman–Crippen LogP) is 3.18. The fourth-order valence-electron chi connectivity index (χ4n) is 3.86. The van der Waals surface area contributed by atoms with Gasteiger partial charge in [0, 0.05) is 50.5 Å². The van der Waals surface area contributed by atoms with Crippen LogP contribution in [0.3, 0.4) is 0 Å². The van der Waals surface area contributed by atoms with Crippen molar-refractivity contribution >= 4 is 34.8 Å². The lowest BCUT2D eigenvalue weighted by molar-refractivity contribution is -0.136. The number of carbonyl (C=O) groups is 2. The van der Waals surface area contributed by atoms with Gasteiger partial charge in [-0.2, -0.15) is 0 Å². The van der Waals surface area contributed by atoms with Crippen LogP contribution < -0.4 is 9.80 Å². The summed E-state index contributed by atoms with van der Waals surface area (Å²) in [5, 5.41) is -0.0305. The first kappa shape index (κ1) is 18.7. The number of hydrogen-bond acceptors (Lipinski definition) is 3. The molecule has 0 spiro atoms. The summed E-state index contributed by atoms with van der Waals surface area (Å²) >= 11 is 5.83. The Labute approximate surface area is 168 Å². The summed E-state index contributed by atoms with van der Waals surface area (Å²) < 4.78 is 13.4. The maximum absolute atomic E-state index is 13.4. The molecule has 0 N–H and O–H groups in total. The summed E-state index contributed by atoms with van der Waals surface area (Å²) in [6.07, 6.45) is 0.173. The number of rotatable bonds is 3. The van der Waals surface area contributed by atoms with Crippen LogP contribution in [0.25, 0.3) is 0 Å². The summed E-state index contributed by atoms with van der Waals surface area (Å²) in [7, 11) is 0. The molecule has 0 bridgehead atoms. The lowest BCUT2D eigenvalue weighted by Crippen LogP contribution is -2.50. The van der Waals surface area contributed by atoms with Crippen LogP contribution in [0.2, 0.25) is 5.02 Å². The van der Waals surface area contributed by atoms with Crippen molar-refractivity contribution in [1.29, 1.82) is 0 Å². The highest BCUT2D eigenvalue weighted by Gasteiger charge is 2.38. The molecule has 4 rings (SSSR count). The van der Waals surface area contributed by atoms with Crippen molar-refractivity contribution in [3.05, 3.63) is 59.4 Å². The number of benzene rings is 2. The van der Waals surface area contributed by atoms with Gasteiger partial charge in [-0.1, -0.05) is 29.8 Å². The van der Waals surface area contributed by atoms with Crippen molar-refractivity contribution < 1.29 is 14.0 Å². The van der Waals surface area contributed by atoms with Gasteiger partial charge in [0.25, 0.3) is 0 Å². The number of amides is 2. The Bertz CT molecular complexity index is 884. The number of piperazine rings is 1. The molecule has 2 aromatic carbocycles. The van der Waals surface area contributed by atoms with Gasteiger partial charge < -0.3 is 14.7 Å². The van der Waals surface area contributed by atoms with Crippen LogP contribution in [0.1, 0.15) is 6.42 Å². The summed E-state index contributed by atoms with van der Waals surface area (Å²) in [5.41, 5.74) is 1.69. The second kappa shape index (κ2) is 7.80. The van der Waals surface area contributed by atoms with Crippen molar-refractivity contribution in [1.82, 2.24) is 4.90 Å². The zero-order valence-electron chi connectivity index (χ0n) is 15.4. The van der Waals surface area contributed by atoms with Crippen LogP contribution in [0.5, 0.6) is 0 Å². The third-order valence-corrected chi connectivity index (χ3v) is 5.69. The number of halogens is 2. The predicted molar refractivity (Wildman–Crippen MR) is 107 cm³/mol. The molecule has 0 aliphatic carbocycles. The largest absolute Gasteiger partial charge is 0.368 e. The first-order valence-electron chi connectivity index (χ1n) is 9.37. The molecule has 2 aliphatic rings. The molecule has 7 heteroatoms. The topological polar surface area (TPSA) is 43.9 Å². The lowest BCUT2D eigenvalue weighted by atomic mass is 10.1. The first-order valence-corrected chi connectivity index (χ1v) is 9.75. The summed E-state index contributed by atoms with van der Waals surface area (Å²) in [4.78, 5) is 31.0. The molecule has 2 saturated heterocycles. The number of para-hydroxylation sites is 1. The molecule has 0 radical (unpaired) electrons. The monoisotopic (exact) mass is 401 g/mol. The normalized spacial score (nSPS) is 20.0. The molecule has 0 unspecified atom stereocenters. The van der Waals surface area contributed by atoms with E-state index in [0.29, 0.717) is 25.3 Å². The maximum atomic E-state index is 13.4. The average Bonchev–Trinajstić information content (AvgIpc) is 3.12. The molecule has 28 heavy (non-hydrogen) atoms. The summed E-state index contributed by atoms with van der Waals surface area (Å²) in [6.45, 7) is 3.13. The fraction of sp³-hybridized carbons (Fsp3) is 0.333. The highest BCUT2D eigenvalue weighted by Crippen LogP contribution is 2.29. The van der Waals surface area contributed by atoms with Gasteiger partial charge in [-0.25, -0.2) is 4.39 Å². The van der Waals surface area contributed by atoms with Gasteiger partial charge in [0.15, 0.2) is 0 Å². The summed E-state index contributed by atoms with van der Waals surface area (Å²) in [5.74, 6) is -1.03. The number of nitrogens with zero attached hydrogens (tertiary/aromatic N) is 3. The number of anilines is 2. The molecule has 0 saturated carbocycles. The Hall–Kier alpha value is -2.60. The lowest BCUT2D eigenvalue weighted by Gasteiger charge is -2.37. The summed E-state index contributed by atoms with van der Waals surface area (Å²) in [6, 6.07) is 14.3. The molecule has 1 atom stereocenters. The molecule has 2 aliphatic heterocycles. The van der Waals surface area contributed by atoms with Crippen LogP contribution in [0.4, 0.5) is 15.8 Å². The van der Waals surface area contributed by atoms with E-state index in [2.05, 4.69) is 17.0 Å². The Balaban J connectivity index is 1.38. The van der Waals surface area contributed by atoms with Crippen LogP contribution in [-0.4, -0.2) is 49.4 Å². The van der Waals surface area contributed by atoms with E-state index in [0.717, 1.165) is 18.8 Å². The van der Waals surface area contributed by atoms with E-state index in [4.69, 9.17) is 11.6 Å². The zero-order valence-corrected chi connectivity index (χ0v) is 16.1. The third-order valence-electron chi connectivity index (χ3n) is 5.40. The van der Waals surface area contributed by atoms with Gasteiger partial charge in [-0.05, 0) is 30.3 Å². The van der Waals surface area contributed by atoms with Crippen LogP contribution in [0, 0.1) is 11.7 Å². The minimum Gasteiger partial charge on any atom is -0.368 e. The standard InChI is InChI=1S/C21H21ClFN3O2/c22-18-13-17(6-7-19(18)23)26-14-15(12-20(26)27)21(28)25-10-8-24(9-11-25)16-4-2-1-3-5-16/h1-7,13,15H,8-12,14H2/t15-/m0/s1. The molecule has 5 nitrogen and oxygen atoms in total. The van der Waals surface area contributed by atoms with Gasteiger partial charge in [-0.15, -0.1) is 0 Å². The van der Waals surface area contributed by atoms with Crippen molar-refractivity contribution in [2.24, 2.45) is 5.92 Å². The van der Waals surface area contributed by atoms with E-state index in [-0.39, 0.29) is 29.2 Å². The SMILES string of the molecule is O=C([C@H]1CC(=O)N(c2ccc(F)c(Cl)c2)C1)N1CCN(c2ccccc2)CC1. The van der Waals surface area contributed by atoms with Gasteiger partial charge in [-0.3, -0.25) is 9.59 Å². The molecule has 2 heterocycles. The minimum absolute atomic E-state index is 0.0109. The van der Waals surface area contributed by atoms with Crippen LogP contribution in [-0.2, 0) is 9.59 Å². The van der Waals surface area contributed by atoms with E-state index in [9.17, 15) is 14.0 Å². The molecule has 2 aromatic rings. The average molecular weight is 402 g/mol. The Morgan fingerprint density at radius 1 is 1.00 bits per heavy atom. The van der Waals surface area contributed by atoms with E-state index < -0.39 is 5.82 Å². The molecule has 2 amide bonds. The fourth-order valence-corrected chi connectivity index (χ4v) is 4.03. The molecule has 146 valence electrons. The van der Waals surface area contributed by atoms with E-state index >= 15 is 0 Å². The highest BCUT2D eigenvalue weighted by molar-refractivity contribution is 6.31. The Morgan fingerprint density at radius 2 is 1.71 bits per heavy atom. The Kier molecular flexibility index (Phi) is 5.22. The quantitative estimate of drug-likeness (QED) is 0.793. The Morgan fingerprint density at radius 3 is 2.39 bits per heavy atom. The molecule has 2 fully saturated rings. The first-order chi connectivity index (χ1) is 13.5. The molecule has 0 aromatic heterocycles. The van der Waals surface area contributed by atoms with Gasteiger partial charge >= 0.3 is 0 Å². The molecular weight excluding hydrogens is 381 g/mol. The van der Waals surface area contributed by atoms with Crippen molar-refractivity contribution in [3.8, 4) is 0 Å². The van der Waals surface area contributed by atoms with Crippen LogP contribution >= 0.6 is 11.6 Å². The van der Waals surface area contributed by atoms with Gasteiger partial charge in [0.2, 0.25) is 11.8 Å². The molecular formula is C21H21ClFN3O2. The number of hydrogen-bond donors (Lipinski definition) is 0. The van der Waals surface area contributed by atoms with Gasteiger partial charge in [0.1, 0.15) is 5.82 Å². The zero-order chi connectivity index (χ0) is 19.7. The smallest absolute Gasteiger partial charge is 0.228 e. The highest BCUT2D eigenvalue weighted by atomic mass is 35.5. The van der Waals surface area contributed by atoms with Crippen LogP contribution in [0.15, 0.2) is 48.5 Å². The second-order valence-corrected chi connectivity index (χ2v) is 7.56. The third kappa shape index (κ3) is 3.69. The van der Waals surface area contributed by atoms with Gasteiger partial charge in [0.05, 0.1) is 10.9 Å². The van der Waals surface area contributed by atoms with Crippen molar-refractivity contribution in [3.63, 3.8) is 0 Å². The minimum atomic E-state index is -0.527. The number of carbonyl (C=O) groups excluding carboxylic acids is 2. The van der Waals surface area contributed by atoms with Crippen molar-refractivity contribution in [2.45, 2.75) is 6.42 Å².